The summed E-state index contributed by atoms with van der Waals surface area (Å²) >= 11 is 0. The van der Waals surface area contributed by atoms with E-state index in [1.54, 1.807) is 13.0 Å². The number of benzene rings is 1. The molecule has 0 saturated carbocycles. The van der Waals surface area contributed by atoms with Gasteiger partial charge in [-0.15, -0.1) is 0 Å². The van der Waals surface area contributed by atoms with Gasteiger partial charge in [0.05, 0.1) is 0 Å². The van der Waals surface area contributed by atoms with E-state index in [1.165, 1.54) is 19.1 Å². The summed E-state index contributed by atoms with van der Waals surface area (Å²) in [5.41, 5.74) is 0.479. The van der Waals surface area contributed by atoms with Crippen LogP contribution in [0.2, 0.25) is 0 Å². The number of hydrogen-bond donors (Lipinski definition) is 2. The van der Waals surface area contributed by atoms with Crippen LogP contribution in [0.4, 0.5) is 0 Å². The van der Waals surface area contributed by atoms with Gasteiger partial charge in [0.15, 0.2) is 6.10 Å². The first-order valence-electron chi connectivity index (χ1n) is 6.43. The molecule has 110 valence electrons. The molecule has 0 aliphatic carbocycles. The third-order valence-corrected chi connectivity index (χ3v) is 2.52. The molecule has 0 aromatic heterocycles. The van der Waals surface area contributed by atoms with Gasteiger partial charge < -0.3 is 15.2 Å². The summed E-state index contributed by atoms with van der Waals surface area (Å²) < 4.78 is 5.05. The minimum absolute atomic E-state index is 0.0472. The zero-order chi connectivity index (χ0) is 15.5. The van der Waals surface area contributed by atoms with Crippen molar-refractivity contribution in [2.24, 2.45) is 0 Å². The molecule has 1 rings (SSSR count). The SMILES string of the molecule is Cc1ccc(C(=O)O[C@H](C)C(=O)NC(C)(C)C)c(O)c1. The van der Waals surface area contributed by atoms with Crippen LogP contribution in [-0.4, -0.2) is 28.6 Å². The van der Waals surface area contributed by atoms with Crippen molar-refractivity contribution in [3.63, 3.8) is 0 Å². The standard InChI is InChI=1S/C15H21NO4/c1-9-6-7-11(12(17)8-9)14(19)20-10(2)13(18)16-15(3,4)5/h6-8,10,17H,1-5H3,(H,16,18)/t10-/m1/s1. The number of carbonyl (C=O) groups excluding carboxylic acids is 2. The van der Waals surface area contributed by atoms with Crippen LogP contribution < -0.4 is 5.32 Å². The molecule has 5 nitrogen and oxygen atoms in total. The molecule has 0 saturated heterocycles. The van der Waals surface area contributed by atoms with Crippen molar-refractivity contribution < 1.29 is 19.4 Å². The molecule has 2 N–H and O–H groups in total. The zero-order valence-electron chi connectivity index (χ0n) is 12.5. The Morgan fingerprint density at radius 3 is 2.40 bits per heavy atom. The highest BCUT2D eigenvalue weighted by molar-refractivity contribution is 5.94. The first-order valence-corrected chi connectivity index (χ1v) is 6.43. The Hall–Kier alpha value is -2.04. The lowest BCUT2D eigenvalue weighted by Crippen LogP contribution is -2.46. The van der Waals surface area contributed by atoms with Crippen LogP contribution in [0.15, 0.2) is 18.2 Å². The minimum atomic E-state index is -0.928. The van der Waals surface area contributed by atoms with Gasteiger partial charge in [-0.05, 0) is 52.3 Å². The Kier molecular flexibility index (Phi) is 4.76. The lowest BCUT2D eigenvalue weighted by Gasteiger charge is -2.23. The smallest absolute Gasteiger partial charge is 0.342 e. The van der Waals surface area contributed by atoms with Crippen molar-refractivity contribution in [2.45, 2.75) is 46.3 Å². The van der Waals surface area contributed by atoms with E-state index in [9.17, 15) is 14.7 Å². The van der Waals surface area contributed by atoms with E-state index in [0.29, 0.717) is 0 Å². The molecule has 20 heavy (non-hydrogen) atoms. The van der Waals surface area contributed by atoms with Gasteiger partial charge in [0.1, 0.15) is 11.3 Å². The van der Waals surface area contributed by atoms with Gasteiger partial charge in [-0.3, -0.25) is 4.79 Å². The van der Waals surface area contributed by atoms with Crippen LogP contribution in [0.1, 0.15) is 43.6 Å². The Bertz CT molecular complexity index is 517. The highest BCUT2D eigenvalue weighted by Crippen LogP contribution is 2.19. The van der Waals surface area contributed by atoms with E-state index < -0.39 is 17.6 Å². The second-order valence-electron chi connectivity index (χ2n) is 5.81. The average molecular weight is 279 g/mol. The Morgan fingerprint density at radius 1 is 1.30 bits per heavy atom. The lowest BCUT2D eigenvalue weighted by atomic mass is 10.1. The number of phenolic OH excluding ortho intramolecular Hbond substituents is 1. The van der Waals surface area contributed by atoms with E-state index >= 15 is 0 Å². The Labute approximate surface area is 118 Å². The fourth-order valence-corrected chi connectivity index (χ4v) is 1.56. The zero-order valence-corrected chi connectivity index (χ0v) is 12.5. The third kappa shape index (κ3) is 4.57. The van der Waals surface area contributed by atoms with E-state index in [1.807, 2.05) is 20.8 Å². The molecule has 0 bridgehead atoms. The van der Waals surface area contributed by atoms with E-state index in [4.69, 9.17) is 4.74 Å². The second kappa shape index (κ2) is 5.94. The van der Waals surface area contributed by atoms with Crippen molar-refractivity contribution in [1.29, 1.82) is 0 Å². The predicted octanol–water partition coefficient (Wildman–Crippen LogP) is 2.16. The van der Waals surface area contributed by atoms with Gasteiger partial charge >= 0.3 is 5.97 Å². The number of aryl methyl sites for hydroxylation is 1. The normalized spacial score (nSPS) is 12.7. The number of ether oxygens (including phenoxy) is 1. The summed E-state index contributed by atoms with van der Waals surface area (Å²) in [5.74, 6) is -1.25. The number of esters is 1. The van der Waals surface area contributed by atoms with E-state index in [-0.39, 0.29) is 17.2 Å². The van der Waals surface area contributed by atoms with Crippen LogP contribution in [0.3, 0.4) is 0 Å². The van der Waals surface area contributed by atoms with Crippen LogP contribution in [0.25, 0.3) is 0 Å². The second-order valence-corrected chi connectivity index (χ2v) is 5.81. The number of amides is 1. The van der Waals surface area contributed by atoms with Crippen LogP contribution >= 0.6 is 0 Å². The van der Waals surface area contributed by atoms with Gasteiger partial charge in [-0.25, -0.2) is 4.79 Å². The summed E-state index contributed by atoms with van der Waals surface area (Å²) in [6.07, 6.45) is -0.928. The van der Waals surface area contributed by atoms with Crippen molar-refractivity contribution in [3.05, 3.63) is 29.3 Å². The van der Waals surface area contributed by atoms with Crippen LogP contribution in [0.5, 0.6) is 5.75 Å². The van der Waals surface area contributed by atoms with Crippen LogP contribution in [0, 0.1) is 6.92 Å². The largest absolute Gasteiger partial charge is 0.507 e. The number of carbonyl (C=O) groups is 2. The Morgan fingerprint density at radius 2 is 1.90 bits per heavy atom. The molecule has 1 aromatic rings. The summed E-state index contributed by atoms with van der Waals surface area (Å²) in [4.78, 5) is 23.7. The quantitative estimate of drug-likeness (QED) is 0.831. The molecule has 0 aliphatic rings. The lowest BCUT2D eigenvalue weighted by molar-refractivity contribution is -0.130. The average Bonchev–Trinajstić information content (AvgIpc) is 2.26. The summed E-state index contributed by atoms with van der Waals surface area (Å²) in [5, 5.41) is 12.4. The molecule has 0 heterocycles. The highest BCUT2D eigenvalue weighted by Gasteiger charge is 2.23. The minimum Gasteiger partial charge on any atom is -0.507 e. The number of rotatable bonds is 3. The van der Waals surface area contributed by atoms with Crippen molar-refractivity contribution >= 4 is 11.9 Å². The molecule has 1 aromatic carbocycles. The predicted molar refractivity (Wildman–Crippen MR) is 75.6 cm³/mol. The molecule has 0 fully saturated rings. The number of phenols is 1. The first-order chi connectivity index (χ1) is 9.10. The molecule has 0 unspecified atom stereocenters. The highest BCUT2D eigenvalue weighted by atomic mass is 16.5. The number of hydrogen-bond acceptors (Lipinski definition) is 4. The van der Waals surface area contributed by atoms with Gasteiger partial charge in [-0.2, -0.15) is 0 Å². The van der Waals surface area contributed by atoms with Gasteiger partial charge in [-0.1, -0.05) is 6.07 Å². The van der Waals surface area contributed by atoms with Gasteiger partial charge in [0.2, 0.25) is 0 Å². The fourth-order valence-electron chi connectivity index (χ4n) is 1.56. The van der Waals surface area contributed by atoms with Gasteiger partial charge in [0, 0.05) is 5.54 Å². The van der Waals surface area contributed by atoms with Crippen molar-refractivity contribution in [2.75, 3.05) is 0 Å². The molecular weight excluding hydrogens is 258 g/mol. The molecule has 0 radical (unpaired) electrons. The van der Waals surface area contributed by atoms with Gasteiger partial charge in [0.25, 0.3) is 5.91 Å². The fraction of sp³-hybridized carbons (Fsp3) is 0.467. The topological polar surface area (TPSA) is 75.6 Å². The molecule has 1 amide bonds. The molecule has 5 heteroatoms. The monoisotopic (exact) mass is 279 g/mol. The molecule has 0 spiro atoms. The first kappa shape index (κ1) is 16.0. The third-order valence-electron chi connectivity index (χ3n) is 2.52. The molecule has 1 atom stereocenters. The van der Waals surface area contributed by atoms with Crippen molar-refractivity contribution in [3.8, 4) is 5.75 Å². The van der Waals surface area contributed by atoms with E-state index in [2.05, 4.69) is 5.32 Å². The maximum Gasteiger partial charge on any atom is 0.342 e. The van der Waals surface area contributed by atoms with Crippen LogP contribution in [-0.2, 0) is 9.53 Å². The van der Waals surface area contributed by atoms with E-state index in [0.717, 1.165) is 5.56 Å². The maximum atomic E-state index is 11.9. The molecular formula is C15H21NO4. The summed E-state index contributed by atoms with van der Waals surface area (Å²) in [7, 11) is 0. The Balaban J connectivity index is 2.73. The summed E-state index contributed by atoms with van der Waals surface area (Å²) in [6.45, 7) is 8.81. The number of aromatic hydroxyl groups is 1. The molecule has 0 aliphatic heterocycles. The maximum absolute atomic E-state index is 11.9. The number of nitrogens with one attached hydrogen (secondary N) is 1. The van der Waals surface area contributed by atoms with Crippen molar-refractivity contribution in [1.82, 2.24) is 5.32 Å². The summed E-state index contributed by atoms with van der Waals surface area (Å²) in [6, 6.07) is 4.63.